The van der Waals surface area contributed by atoms with Gasteiger partial charge in [-0.05, 0) is 36.1 Å². The van der Waals surface area contributed by atoms with Gasteiger partial charge in [0.2, 0.25) is 0 Å². The van der Waals surface area contributed by atoms with Crippen LogP contribution in [-0.4, -0.2) is 25.1 Å². The number of nitriles is 1. The molecule has 0 amide bonds. The summed E-state index contributed by atoms with van der Waals surface area (Å²) in [6.45, 7) is 2.87. The summed E-state index contributed by atoms with van der Waals surface area (Å²) in [5, 5.41) is 9.80. The molecule has 1 aliphatic heterocycles. The van der Waals surface area contributed by atoms with E-state index < -0.39 is 0 Å². The molecule has 1 heterocycles. The molecule has 1 saturated heterocycles. The molecule has 2 aromatic carbocycles. The molecule has 118 valence electrons. The number of ether oxygens (including phenoxy) is 1. The van der Waals surface area contributed by atoms with Crippen LogP contribution in [0.15, 0.2) is 54.6 Å². The maximum absolute atomic E-state index is 9.80. The largest absolute Gasteiger partial charge is 0.497 e. The number of hydrogen-bond donors (Lipinski definition) is 0. The number of methoxy groups -OCH3 is 1. The van der Waals surface area contributed by atoms with Crippen molar-refractivity contribution in [2.45, 2.75) is 24.8 Å². The van der Waals surface area contributed by atoms with Crippen LogP contribution < -0.4 is 4.74 Å². The summed E-state index contributed by atoms with van der Waals surface area (Å²) in [5.74, 6) is 0.836. The Labute approximate surface area is 138 Å². The molecule has 1 fully saturated rings. The Bertz CT molecular complexity index is 665. The molecule has 3 rings (SSSR count). The van der Waals surface area contributed by atoms with E-state index in [2.05, 4.69) is 35.2 Å². The van der Waals surface area contributed by atoms with Gasteiger partial charge in [-0.15, -0.1) is 0 Å². The van der Waals surface area contributed by atoms with E-state index in [1.54, 1.807) is 7.11 Å². The predicted molar refractivity (Wildman–Crippen MR) is 91.2 cm³/mol. The lowest BCUT2D eigenvalue weighted by molar-refractivity contribution is 0.179. The lowest BCUT2D eigenvalue weighted by Crippen LogP contribution is -2.41. The molecule has 0 N–H and O–H groups in total. The van der Waals surface area contributed by atoms with Crippen molar-refractivity contribution in [3.63, 3.8) is 0 Å². The van der Waals surface area contributed by atoms with Crippen molar-refractivity contribution >= 4 is 0 Å². The molecule has 0 saturated carbocycles. The minimum Gasteiger partial charge on any atom is -0.497 e. The van der Waals surface area contributed by atoms with Gasteiger partial charge in [0.15, 0.2) is 0 Å². The van der Waals surface area contributed by atoms with Crippen LogP contribution in [0.2, 0.25) is 0 Å². The molecule has 0 spiro atoms. The zero-order valence-electron chi connectivity index (χ0n) is 13.5. The van der Waals surface area contributed by atoms with E-state index in [0.717, 1.165) is 43.8 Å². The SMILES string of the molecule is COc1ccc(C2(C#N)CCN(Cc3ccccc3)CC2)cc1. The number of hydrogen-bond acceptors (Lipinski definition) is 3. The maximum Gasteiger partial charge on any atom is 0.118 e. The minimum absolute atomic E-state index is 0.362. The smallest absolute Gasteiger partial charge is 0.118 e. The third-order valence-electron chi connectivity index (χ3n) is 4.82. The van der Waals surface area contributed by atoms with Crippen molar-refractivity contribution in [2.24, 2.45) is 0 Å². The molecule has 1 aliphatic rings. The standard InChI is InChI=1S/C20H22N2O/c1-23-19-9-7-18(8-10-19)20(16-21)11-13-22(14-12-20)15-17-5-3-2-4-6-17/h2-10H,11-15H2,1H3. The maximum atomic E-state index is 9.80. The molecule has 23 heavy (non-hydrogen) atoms. The van der Waals surface area contributed by atoms with Crippen LogP contribution in [-0.2, 0) is 12.0 Å². The second-order valence-electron chi connectivity index (χ2n) is 6.18. The highest BCUT2D eigenvalue weighted by Gasteiger charge is 2.36. The molecule has 2 aromatic rings. The second kappa shape index (κ2) is 6.85. The Balaban J connectivity index is 1.68. The highest BCUT2D eigenvalue weighted by molar-refractivity contribution is 5.37. The molecule has 0 unspecified atom stereocenters. The van der Waals surface area contributed by atoms with Gasteiger partial charge >= 0.3 is 0 Å². The summed E-state index contributed by atoms with van der Waals surface area (Å²) in [7, 11) is 1.66. The summed E-state index contributed by atoms with van der Waals surface area (Å²) in [6.07, 6.45) is 1.76. The lowest BCUT2D eigenvalue weighted by atomic mass is 9.74. The van der Waals surface area contributed by atoms with Crippen molar-refractivity contribution < 1.29 is 4.74 Å². The van der Waals surface area contributed by atoms with Gasteiger partial charge < -0.3 is 4.74 Å². The average molecular weight is 306 g/mol. The highest BCUT2D eigenvalue weighted by Crippen LogP contribution is 2.36. The van der Waals surface area contributed by atoms with Crippen LogP contribution in [0, 0.1) is 11.3 Å². The van der Waals surface area contributed by atoms with Crippen molar-refractivity contribution in [1.82, 2.24) is 4.90 Å². The Morgan fingerprint density at radius 2 is 1.70 bits per heavy atom. The van der Waals surface area contributed by atoms with Gasteiger partial charge in [0.25, 0.3) is 0 Å². The second-order valence-corrected chi connectivity index (χ2v) is 6.18. The number of likely N-dealkylation sites (tertiary alicyclic amines) is 1. The van der Waals surface area contributed by atoms with E-state index >= 15 is 0 Å². The van der Waals surface area contributed by atoms with E-state index in [9.17, 15) is 5.26 Å². The first-order chi connectivity index (χ1) is 11.3. The fourth-order valence-corrected chi connectivity index (χ4v) is 3.31. The summed E-state index contributed by atoms with van der Waals surface area (Å²) < 4.78 is 5.22. The molecular formula is C20H22N2O. The van der Waals surface area contributed by atoms with Gasteiger partial charge in [0.1, 0.15) is 5.75 Å². The quantitative estimate of drug-likeness (QED) is 0.863. The number of piperidine rings is 1. The third-order valence-corrected chi connectivity index (χ3v) is 4.82. The Hall–Kier alpha value is -2.31. The number of benzene rings is 2. The molecular weight excluding hydrogens is 284 g/mol. The van der Waals surface area contributed by atoms with Gasteiger partial charge in [-0.3, -0.25) is 4.90 Å². The molecule has 0 bridgehead atoms. The molecule has 3 nitrogen and oxygen atoms in total. The zero-order valence-corrected chi connectivity index (χ0v) is 13.5. The van der Waals surface area contributed by atoms with Crippen LogP contribution in [0.3, 0.4) is 0 Å². The first-order valence-corrected chi connectivity index (χ1v) is 8.08. The number of nitrogens with zero attached hydrogens (tertiary/aromatic N) is 2. The summed E-state index contributed by atoms with van der Waals surface area (Å²) in [5.41, 5.74) is 2.08. The van der Waals surface area contributed by atoms with Gasteiger partial charge in [-0.25, -0.2) is 0 Å². The summed E-state index contributed by atoms with van der Waals surface area (Å²) in [6, 6.07) is 21.1. The van der Waals surface area contributed by atoms with E-state index in [-0.39, 0.29) is 5.41 Å². The third kappa shape index (κ3) is 3.38. The lowest BCUT2D eigenvalue weighted by Gasteiger charge is -2.37. The Morgan fingerprint density at radius 1 is 1.04 bits per heavy atom. The topological polar surface area (TPSA) is 36.3 Å². The summed E-state index contributed by atoms with van der Waals surface area (Å²) >= 11 is 0. The van der Waals surface area contributed by atoms with Crippen LogP contribution in [0.1, 0.15) is 24.0 Å². The van der Waals surface area contributed by atoms with Crippen molar-refractivity contribution in [3.05, 3.63) is 65.7 Å². The molecule has 0 atom stereocenters. The van der Waals surface area contributed by atoms with Gasteiger partial charge in [0.05, 0.1) is 18.6 Å². The van der Waals surface area contributed by atoms with Crippen LogP contribution in [0.4, 0.5) is 0 Å². The van der Waals surface area contributed by atoms with E-state index in [1.807, 2.05) is 30.3 Å². The fourth-order valence-electron chi connectivity index (χ4n) is 3.31. The molecule has 0 radical (unpaired) electrons. The highest BCUT2D eigenvalue weighted by atomic mass is 16.5. The van der Waals surface area contributed by atoms with E-state index in [0.29, 0.717) is 0 Å². The molecule has 0 aliphatic carbocycles. The molecule has 0 aromatic heterocycles. The van der Waals surface area contributed by atoms with Crippen molar-refractivity contribution in [3.8, 4) is 11.8 Å². The number of rotatable bonds is 4. The fraction of sp³-hybridized carbons (Fsp3) is 0.350. The monoisotopic (exact) mass is 306 g/mol. The van der Waals surface area contributed by atoms with Gasteiger partial charge in [0, 0.05) is 19.6 Å². The average Bonchev–Trinajstić information content (AvgIpc) is 2.63. The molecule has 3 heteroatoms. The Morgan fingerprint density at radius 3 is 2.26 bits per heavy atom. The normalized spacial score (nSPS) is 17.4. The van der Waals surface area contributed by atoms with Gasteiger partial charge in [-0.2, -0.15) is 5.26 Å². The summed E-state index contributed by atoms with van der Waals surface area (Å²) in [4.78, 5) is 2.44. The predicted octanol–water partition coefficient (Wildman–Crippen LogP) is 3.75. The first-order valence-electron chi connectivity index (χ1n) is 8.08. The first kappa shape index (κ1) is 15.6. The zero-order chi connectivity index (χ0) is 16.1. The van der Waals surface area contributed by atoms with Crippen LogP contribution in [0.25, 0.3) is 0 Å². The van der Waals surface area contributed by atoms with Crippen LogP contribution >= 0.6 is 0 Å². The van der Waals surface area contributed by atoms with Crippen molar-refractivity contribution in [1.29, 1.82) is 5.26 Å². The van der Waals surface area contributed by atoms with E-state index in [4.69, 9.17) is 4.74 Å². The Kier molecular flexibility index (Phi) is 4.64. The van der Waals surface area contributed by atoms with Crippen LogP contribution in [0.5, 0.6) is 5.75 Å². The van der Waals surface area contributed by atoms with Gasteiger partial charge in [-0.1, -0.05) is 42.5 Å². The minimum atomic E-state index is -0.362. The van der Waals surface area contributed by atoms with Crippen molar-refractivity contribution in [2.75, 3.05) is 20.2 Å². The van der Waals surface area contributed by atoms with E-state index in [1.165, 1.54) is 5.56 Å².